The molecule has 1 aliphatic rings. The largest absolute Gasteiger partial charge is 0.382 e. The van der Waals surface area contributed by atoms with Crippen LogP contribution in [0.3, 0.4) is 0 Å². The van der Waals surface area contributed by atoms with Crippen LogP contribution in [0.5, 0.6) is 0 Å². The van der Waals surface area contributed by atoms with Crippen molar-refractivity contribution in [3.05, 3.63) is 0 Å². The maximum atomic E-state index is 11.3. The molecule has 0 saturated heterocycles. The summed E-state index contributed by atoms with van der Waals surface area (Å²) in [4.78, 5) is 4.24. The minimum absolute atomic E-state index is 0. The monoisotopic (exact) mass is 419 g/mol. The SMILES string of the molecule is CCOCCCNC(N)=NCC1(CS(C)(=O)=O)CC1.I. The van der Waals surface area contributed by atoms with Crippen LogP contribution in [-0.4, -0.2) is 52.7 Å². The van der Waals surface area contributed by atoms with Gasteiger partial charge in [0.25, 0.3) is 0 Å². The minimum Gasteiger partial charge on any atom is -0.382 e. The minimum atomic E-state index is -2.94. The van der Waals surface area contributed by atoms with Gasteiger partial charge in [-0.25, -0.2) is 8.42 Å². The molecule has 0 atom stereocenters. The van der Waals surface area contributed by atoms with Crippen molar-refractivity contribution >= 4 is 39.8 Å². The molecule has 0 bridgehead atoms. The molecule has 8 heteroatoms. The zero-order valence-corrected chi connectivity index (χ0v) is 15.4. The Balaban J connectivity index is 0.00000361. The van der Waals surface area contributed by atoms with Crippen LogP contribution in [0.15, 0.2) is 4.99 Å². The molecule has 1 rings (SSSR count). The lowest BCUT2D eigenvalue weighted by molar-refractivity contribution is 0.145. The second kappa shape index (κ2) is 9.04. The lowest BCUT2D eigenvalue weighted by Gasteiger charge is -2.11. The molecule has 0 spiro atoms. The van der Waals surface area contributed by atoms with Gasteiger partial charge in [0.15, 0.2) is 5.96 Å². The van der Waals surface area contributed by atoms with Gasteiger partial charge in [0.2, 0.25) is 0 Å². The summed E-state index contributed by atoms with van der Waals surface area (Å²) in [7, 11) is -2.94. The number of aliphatic imine (C=N–C) groups is 1. The third-order valence-corrected chi connectivity index (χ3v) is 4.22. The average Bonchev–Trinajstić information content (AvgIpc) is 3.04. The van der Waals surface area contributed by atoms with Gasteiger partial charge in [-0.15, -0.1) is 24.0 Å². The van der Waals surface area contributed by atoms with E-state index in [9.17, 15) is 8.42 Å². The van der Waals surface area contributed by atoms with Gasteiger partial charge in [-0.05, 0) is 26.2 Å². The lowest BCUT2D eigenvalue weighted by Crippen LogP contribution is -2.34. The Morgan fingerprint density at radius 3 is 2.60 bits per heavy atom. The second-order valence-corrected chi connectivity index (χ2v) is 7.39. The van der Waals surface area contributed by atoms with Gasteiger partial charge in [-0.3, -0.25) is 4.99 Å². The van der Waals surface area contributed by atoms with E-state index < -0.39 is 9.84 Å². The first kappa shape index (κ1) is 19.9. The summed E-state index contributed by atoms with van der Waals surface area (Å²) >= 11 is 0. The number of hydrogen-bond donors (Lipinski definition) is 2. The molecule has 0 aromatic heterocycles. The van der Waals surface area contributed by atoms with Crippen LogP contribution in [0, 0.1) is 5.41 Å². The number of halogens is 1. The Bertz CT molecular complexity index is 408. The van der Waals surface area contributed by atoms with Crippen molar-refractivity contribution in [2.75, 3.05) is 38.3 Å². The molecule has 1 fully saturated rings. The van der Waals surface area contributed by atoms with E-state index >= 15 is 0 Å². The van der Waals surface area contributed by atoms with Crippen molar-refractivity contribution in [3.63, 3.8) is 0 Å². The zero-order valence-electron chi connectivity index (χ0n) is 12.2. The number of guanidine groups is 1. The van der Waals surface area contributed by atoms with Crippen molar-refractivity contribution in [3.8, 4) is 0 Å². The molecule has 0 unspecified atom stereocenters. The van der Waals surface area contributed by atoms with Crippen LogP contribution < -0.4 is 11.1 Å². The molecule has 0 aromatic carbocycles. The Labute approximate surface area is 138 Å². The number of nitrogens with zero attached hydrogens (tertiary/aromatic N) is 1. The summed E-state index contributed by atoms with van der Waals surface area (Å²) in [5.41, 5.74) is 5.57. The fourth-order valence-corrected chi connectivity index (χ4v) is 3.42. The number of rotatable bonds is 9. The molecular formula is C12H26IN3O3S. The molecular weight excluding hydrogens is 393 g/mol. The van der Waals surface area contributed by atoms with Crippen molar-refractivity contribution in [1.29, 1.82) is 0 Å². The van der Waals surface area contributed by atoms with Gasteiger partial charge < -0.3 is 15.8 Å². The molecule has 1 aliphatic carbocycles. The third-order valence-electron chi connectivity index (χ3n) is 3.09. The van der Waals surface area contributed by atoms with E-state index in [0.29, 0.717) is 25.7 Å². The molecule has 0 radical (unpaired) electrons. The second-order valence-electron chi connectivity index (χ2n) is 5.25. The number of nitrogens with two attached hydrogens (primary N) is 1. The zero-order chi connectivity index (χ0) is 14.4. The molecule has 0 aliphatic heterocycles. The lowest BCUT2D eigenvalue weighted by atomic mass is 10.1. The van der Waals surface area contributed by atoms with Gasteiger partial charge in [0.05, 0.1) is 5.75 Å². The van der Waals surface area contributed by atoms with E-state index in [-0.39, 0.29) is 35.1 Å². The fraction of sp³-hybridized carbons (Fsp3) is 0.917. The maximum absolute atomic E-state index is 11.3. The Kier molecular flexibility index (Phi) is 8.99. The van der Waals surface area contributed by atoms with Crippen molar-refractivity contribution in [1.82, 2.24) is 5.32 Å². The highest BCUT2D eigenvalue weighted by Crippen LogP contribution is 2.46. The van der Waals surface area contributed by atoms with E-state index in [1.165, 1.54) is 6.26 Å². The Morgan fingerprint density at radius 1 is 1.45 bits per heavy atom. The smallest absolute Gasteiger partial charge is 0.188 e. The highest BCUT2D eigenvalue weighted by Gasteiger charge is 2.45. The van der Waals surface area contributed by atoms with Crippen LogP contribution in [0.1, 0.15) is 26.2 Å². The quantitative estimate of drug-likeness (QED) is 0.249. The fourth-order valence-electron chi connectivity index (χ4n) is 1.92. The first-order valence-electron chi connectivity index (χ1n) is 6.66. The van der Waals surface area contributed by atoms with Crippen LogP contribution in [-0.2, 0) is 14.6 Å². The molecule has 3 N–H and O–H groups in total. The normalized spacial score (nSPS) is 17.4. The third kappa shape index (κ3) is 8.96. The molecule has 0 aromatic rings. The summed E-state index contributed by atoms with van der Waals surface area (Å²) in [6.45, 7) is 4.59. The van der Waals surface area contributed by atoms with Crippen LogP contribution >= 0.6 is 24.0 Å². The van der Waals surface area contributed by atoms with E-state index in [1.54, 1.807) is 0 Å². The standard InChI is InChI=1S/C12H25N3O3S.HI/c1-3-18-8-4-7-14-11(13)15-9-12(5-6-12)10-19(2,16)17;/h3-10H2,1-2H3,(H3,13,14,15);1H. The first-order valence-corrected chi connectivity index (χ1v) is 8.72. The van der Waals surface area contributed by atoms with Crippen molar-refractivity contribution in [2.45, 2.75) is 26.2 Å². The molecule has 1 saturated carbocycles. The van der Waals surface area contributed by atoms with Gasteiger partial charge in [-0.2, -0.15) is 0 Å². The van der Waals surface area contributed by atoms with E-state index in [1.807, 2.05) is 6.92 Å². The summed E-state index contributed by atoms with van der Waals surface area (Å²) in [6, 6.07) is 0. The summed E-state index contributed by atoms with van der Waals surface area (Å²) < 4.78 is 27.8. The van der Waals surface area contributed by atoms with Gasteiger partial charge in [-0.1, -0.05) is 0 Å². The predicted molar refractivity (Wildman–Crippen MR) is 92.4 cm³/mol. The maximum Gasteiger partial charge on any atom is 0.188 e. The Hall–Kier alpha value is -0.0900. The first-order chi connectivity index (χ1) is 8.87. The number of ether oxygens (including phenoxy) is 1. The summed E-state index contributed by atoms with van der Waals surface area (Å²) in [5, 5.41) is 3.00. The molecule has 0 heterocycles. The van der Waals surface area contributed by atoms with E-state index in [4.69, 9.17) is 10.5 Å². The predicted octanol–water partition coefficient (Wildman–Crippen LogP) is 0.760. The van der Waals surface area contributed by atoms with Gasteiger partial charge >= 0.3 is 0 Å². The number of sulfone groups is 1. The molecule has 0 amide bonds. The highest BCUT2D eigenvalue weighted by atomic mass is 127. The molecule has 6 nitrogen and oxygen atoms in total. The summed E-state index contributed by atoms with van der Waals surface area (Å²) in [5.74, 6) is 0.595. The van der Waals surface area contributed by atoms with E-state index in [0.717, 1.165) is 25.9 Å². The van der Waals surface area contributed by atoms with Crippen LogP contribution in [0.2, 0.25) is 0 Å². The van der Waals surface area contributed by atoms with Crippen molar-refractivity contribution < 1.29 is 13.2 Å². The van der Waals surface area contributed by atoms with Crippen LogP contribution in [0.4, 0.5) is 0 Å². The van der Waals surface area contributed by atoms with Gasteiger partial charge in [0, 0.05) is 38.0 Å². The number of nitrogens with one attached hydrogen (secondary N) is 1. The number of hydrogen-bond acceptors (Lipinski definition) is 4. The highest BCUT2D eigenvalue weighted by molar-refractivity contribution is 14.0. The van der Waals surface area contributed by atoms with Crippen LogP contribution in [0.25, 0.3) is 0 Å². The molecule has 20 heavy (non-hydrogen) atoms. The van der Waals surface area contributed by atoms with Gasteiger partial charge in [0.1, 0.15) is 9.84 Å². The molecule has 120 valence electrons. The van der Waals surface area contributed by atoms with E-state index in [2.05, 4.69) is 10.3 Å². The summed E-state index contributed by atoms with van der Waals surface area (Å²) in [6.07, 6.45) is 3.98. The van der Waals surface area contributed by atoms with Crippen molar-refractivity contribution in [2.24, 2.45) is 16.1 Å². The Morgan fingerprint density at radius 2 is 2.10 bits per heavy atom. The average molecular weight is 419 g/mol. The topological polar surface area (TPSA) is 93.8 Å².